The normalized spacial score (nSPS) is 19.7. The molecule has 0 fully saturated rings. The number of hydrazone groups is 1. The summed E-state index contributed by atoms with van der Waals surface area (Å²) in [5, 5.41) is 6.57. The molecule has 130 valence electrons. The molecule has 0 aliphatic carbocycles. The molecular weight excluding hydrogens is 383 g/mol. The molecule has 0 amide bonds. The van der Waals surface area contributed by atoms with Crippen LogP contribution in [-0.2, 0) is 4.79 Å². The first kappa shape index (κ1) is 18.1. The minimum atomic E-state index is -0.571. The van der Waals surface area contributed by atoms with E-state index in [1.807, 2.05) is 31.2 Å². The Balaban J connectivity index is 2.08. The Hall–Kier alpha value is -1.75. The van der Waals surface area contributed by atoms with Gasteiger partial charge in [0, 0.05) is 10.9 Å². The predicted molar refractivity (Wildman–Crippen MR) is 102 cm³/mol. The zero-order chi connectivity index (χ0) is 18.1. The van der Waals surface area contributed by atoms with E-state index in [-0.39, 0.29) is 12.0 Å². The van der Waals surface area contributed by atoms with Crippen molar-refractivity contribution in [3.8, 4) is 5.75 Å². The fourth-order valence-corrected chi connectivity index (χ4v) is 3.66. The molecule has 0 N–H and O–H groups in total. The van der Waals surface area contributed by atoms with Crippen LogP contribution in [0.1, 0.15) is 18.5 Å². The quantitative estimate of drug-likeness (QED) is 0.656. The molecule has 1 aliphatic heterocycles. The van der Waals surface area contributed by atoms with Crippen LogP contribution in [-0.4, -0.2) is 18.1 Å². The number of benzene rings is 2. The van der Waals surface area contributed by atoms with Crippen LogP contribution in [0.25, 0.3) is 0 Å². The molecule has 4 nitrogen and oxygen atoms in total. The molecule has 0 radical (unpaired) electrons. The lowest BCUT2D eigenvalue weighted by Gasteiger charge is -2.27. The van der Waals surface area contributed by atoms with Gasteiger partial charge in [-0.1, -0.05) is 42.3 Å². The van der Waals surface area contributed by atoms with Crippen molar-refractivity contribution in [2.24, 2.45) is 11.0 Å². The van der Waals surface area contributed by atoms with Gasteiger partial charge in [0.15, 0.2) is 0 Å². The lowest BCUT2D eigenvalue weighted by atomic mass is 9.91. The fraction of sp³-hybridized carbons (Fsp3) is 0.222. The first-order valence-corrected chi connectivity index (χ1v) is 8.72. The third-order valence-electron chi connectivity index (χ3n) is 4.20. The number of halogens is 3. The van der Waals surface area contributed by atoms with Gasteiger partial charge < -0.3 is 4.74 Å². The van der Waals surface area contributed by atoms with E-state index in [1.54, 1.807) is 30.3 Å². The van der Waals surface area contributed by atoms with Crippen LogP contribution < -0.4 is 9.75 Å². The first-order chi connectivity index (χ1) is 11.9. The maximum absolute atomic E-state index is 11.8. The first-order valence-electron chi connectivity index (χ1n) is 7.59. The van der Waals surface area contributed by atoms with Crippen molar-refractivity contribution in [3.05, 3.63) is 58.1 Å². The number of methoxy groups -OCH3 is 1. The number of hydrogen-bond acceptors (Lipinski definition) is 4. The summed E-state index contributed by atoms with van der Waals surface area (Å²) >= 11 is 18.1. The maximum atomic E-state index is 11.8. The summed E-state index contributed by atoms with van der Waals surface area (Å²) < 4.78 is 5.21. The largest absolute Gasteiger partial charge is 0.497 e. The minimum Gasteiger partial charge on any atom is -0.497 e. The highest BCUT2D eigenvalue weighted by Gasteiger charge is 2.39. The molecule has 1 aliphatic rings. The number of ether oxygens (including phenoxy) is 1. The number of anilines is 1. The molecule has 3 rings (SSSR count). The highest BCUT2D eigenvalue weighted by Crippen LogP contribution is 2.42. The van der Waals surface area contributed by atoms with Gasteiger partial charge in [-0.15, -0.1) is 0 Å². The van der Waals surface area contributed by atoms with Crippen molar-refractivity contribution in [2.45, 2.75) is 13.0 Å². The SMILES string of the molecule is COc1ccc([C@@H]2[C@H](C)C(C(=O)Cl)=NN2c2ccc(Cl)cc2Cl)cc1. The monoisotopic (exact) mass is 396 g/mol. The van der Waals surface area contributed by atoms with Gasteiger partial charge in [-0.3, -0.25) is 9.80 Å². The zero-order valence-electron chi connectivity index (χ0n) is 13.5. The van der Waals surface area contributed by atoms with Crippen LogP contribution in [0.4, 0.5) is 5.69 Å². The second-order valence-corrected chi connectivity index (χ2v) is 6.89. The average molecular weight is 398 g/mol. The van der Waals surface area contributed by atoms with Crippen molar-refractivity contribution in [2.75, 3.05) is 12.1 Å². The summed E-state index contributed by atoms with van der Waals surface area (Å²) in [6, 6.07) is 12.5. The van der Waals surface area contributed by atoms with Crippen molar-refractivity contribution < 1.29 is 9.53 Å². The second-order valence-electron chi connectivity index (χ2n) is 5.71. The van der Waals surface area contributed by atoms with Gasteiger partial charge in [0.2, 0.25) is 0 Å². The lowest BCUT2D eigenvalue weighted by molar-refractivity contribution is -0.106. The number of carbonyl (C=O) groups excluding carboxylic acids is 1. The van der Waals surface area contributed by atoms with E-state index in [4.69, 9.17) is 39.5 Å². The molecule has 0 unspecified atom stereocenters. The molecule has 0 aromatic heterocycles. The van der Waals surface area contributed by atoms with Gasteiger partial charge in [-0.2, -0.15) is 5.10 Å². The predicted octanol–water partition coefficient (Wildman–Crippen LogP) is 5.32. The molecule has 2 aromatic rings. The lowest BCUT2D eigenvalue weighted by Crippen LogP contribution is -2.25. The van der Waals surface area contributed by atoms with Crippen molar-refractivity contribution in [1.29, 1.82) is 0 Å². The Labute approximate surface area is 160 Å². The zero-order valence-corrected chi connectivity index (χ0v) is 15.8. The smallest absolute Gasteiger partial charge is 0.268 e. The molecule has 0 saturated carbocycles. The van der Waals surface area contributed by atoms with Crippen LogP contribution in [0.15, 0.2) is 47.6 Å². The van der Waals surface area contributed by atoms with E-state index < -0.39 is 5.24 Å². The Morgan fingerprint density at radius 2 is 1.84 bits per heavy atom. The van der Waals surface area contributed by atoms with Gasteiger partial charge in [0.05, 0.1) is 23.9 Å². The van der Waals surface area contributed by atoms with Gasteiger partial charge in [-0.05, 0) is 47.5 Å². The van der Waals surface area contributed by atoms with E-state index in [0.717, 1.165) is 11.3 Å². The Morgan fingerprint density at radius 3 is 2.40 bits per heavy atom. The summed E-state index contributed by atoms with van der Waals surface area (Å²) in [6.45, 7) is 1.91. The van der Waals surface area contributed by atoms with Gasteiger partial charge in [0.25, 0.3) is 5.24 Å². The van der Waals surface area contributed by atoms with Crippen LogP contribution in [0.3, 0.4) is 0 Å². The third-order valence-corrected chi connectivity index (χ3v) is 4.93. The van der Waals surface area contributed by atoms with E-state index in [1.165, 1.54) is 0 Å². The van der Waals surface area contributed by atoms with Gasteiger partial charge in [-0.25, -0.2) is 0 Å². The third kappa shape index (κ3) is 3.47. The molecule has 7 heteroatoms. The average Bonchev–Trinajstić information content (AvgIpc) is 2.92. The van der Waals surface area contributed by atoms with Crippen molar-refractivity contribution in [3.63, 3.8) is 0 Å². The molecular formula is C18H15Cl3N2O2. The summed E-state index contributed by atoms with van der Waals surface area (Å²) in [6.07, 6.45) is 0. The molecule has 0 spiro atoms. The molecule has 25 heavy (non-hydrogen) atoms. The molecule has 0 bridgehead atoms. The van der Waals surface area contributed by atoms with Crippen molar-refractivity contribution in [1.82, 2.24) is 0 Å². The van der Waals surface area contributed by atoms with Crippen LogP contribution in [0, 0.1) is 5.92 Å². The van der Waals surface area contributed by atoms with E-state index >= 15 is 0 Å². The Bertz CT molecular complexity index is 837. The summed E-state index contributed by atoms with van der Waals surface area (Å²) in [4.78, 5) is 11.8. The molecule has 2 aromatic carbocycles. The van der Waals surface area contributed by atoms with Crippen molar-refractivity contribution >= 4 is 51.4 Å². The van der Waals surface area contributed by atoms with Crippen LogP contribution in [0.2, 0.25) is 10.0 Å². The van der Waals surface area contributed by atoms with E-state index in [0.29, 0.717) is 21.4 Å². The number of nitrogens with zero attached hydrogens (tertiary/aromatic N) is 2. The number of hydrogen-bond donors (Lipinski definition) is 0. The van der Waals surface area contributed by atoms with Crippen LogP contribution >= 0.6 is 34.8 Å². The Morgan fingerprint density at radius 1 is 1.16 bits per heavy atom. The Kier molecular flexibility index (Phi) is 5.23. The highest BCUT2D eigenvalue weighted by atomic mass is 35.5. The maximum Gasteiger partial charge on any atom is 0.268 e. The number of rotatable bonds is 4. The molecule has 1 heterocycles. The minimum absolute atomic E-state index is 0.204. The summed E-state index contributed by atoms with van der Waals surface area (Å²) in [7, 11) is 1.61. The van der Waals surface area contributed by atoms with E-state index in [9.17, 15) is 4.79 Å². The van der Waals surface area contributed by atoms with Gasteiger partial charge >= 0.3 is 0 Å². The highest BCUT2D eigenvalue weighted by molar-refractivity contribution is 6.82. The standard InChI is InChI=1S/C18H15Cl3N2O2/c1-10-16(18(21)24)22-23(15-8-5-12(19)9-14(15)20)17(10)11-3-6-13(25-2)7-4-11/h3-10,17H,1-2H3/t10-,17+/m1/s1. The summed E-state index contributed by atoms with van der Waals surface area (Å²) in [5.74, 6) is 0.546. The molecule has 0 saturated heterocycles. The van der Waals surface area contributed by atoms with Crippen LogP contribution in [0.5, 0.6) is 5.75 Å². The molecule has 2 atom stereocenters. The van der Waals surface area contributed by atoms with Gasteiger partial charge in [0.1, 0.15) is 11.5 Å². The topological polar surface area (TPSA) is 41.9 Å². The summed E-state index contributed by atoms with van der Waals surface area (Å²) in [5.41, 5.74) is 1.93. The number of carbonyl (C=O) groups is 1. The second kappa shape index (κ2) is 7.24. The fourth-order valence-electron chi connectivity index (χ4n) is 2.95. The van der Waals surface area contributed by atoms with E-state index in [2.05, 4.69) is 5.10 Å².